The number of hydrogen-bond acceptors (Lipinski definition) is 6. The normalized spacial score (nSPS) is 11.4. The van der Waals surface area contributed by atoms with Crippen LogP contribution in [0.25, 0.3) is 17.5 Å². The number of aliphatic carboxylic acids is 1. The molecule has 0 aliphatic rings. The van der Waals surface area contributed by atoms with Crippen molar-refractivity contribution in [2.45, 2.75) is 12.1 Å². The van der Waals surface area contributed by atoms with Gasteiger partial charge in [-0.25, -0.2) is 9.18 Å². The van der Waals surface area contributed by atoms with Crippen molar-refractivity contribution in [2.75, 3.05) is 6.61 Å². The van der Waals surface area contributed by atoms with Crippen LogP contribution in [0, 0.1) is 5.82 Å². The molecule has 1 N–H and O–H groups in total. The number of aromatic nitrogens is 2. The molecule has 6 nitrogen and oxygen atoms in total. The van der Waals surface area contributed by atoms with E-state index in [0.717, 1.165) is 11.8 Å². The summed E-state index contributed by atoms with van der Waals surface area (Å²) >= 11 is 0.829. The Balaban J connectivity index is 1.85. The highest BCUT2D eigenvalue weighted by Gasteiger charge is 2.17. The number of para-hydroxylation sites is 1. The third-order valence-corrected chi connectivity index (χ3v) is 4.26. The molecule has 138 valence electrons. The zero-order valence-electron chi connectivity index (χ0n) is 14.3. The number of ether oxygens (including phenoxy) is 1. The second kappa shape index (κ2) is 8.50. The van der Waals surface area contributed by atoms with Gasteiger partial charge >= 0.3 is 5.97 Å². The van der Waals surface area contributed by atoms with Gasteiger partial charge in [0.15, 0.2) is 0 Å². The van der Waals surface area contributed by atoms with E-state index in [0.29, 0.717) is 23.5 Å². The molecular formula is C19H15FN2O4S. The smallest absolute Gasteiger partial charge is 0.342 e. The lowest BCUT2D eigenvalue weighted by atomic mass is 10.2. The summed E-state index contributed by atoms with van der Waals surface area (Å²) in [6, 6.07) is 12.7. The van der Waals surface area contributed by atoms with Crippen LogP contribution in [0.3, 0.4) is 0 Å². The molecule has 27 heavy (non-hydrogen) atoms. The number of carboxylic acid groups (broad SMARTS) is 1. The molecule has 0 radical (unpaired) electrons. The van der Waals surface area contributed by atoms with Crippen molar-refractivity contribution >= 4 is 23.8 Å². The van der Waals surface area contributed by atoms with Crippen molar-refractivity contribution in [1.29, 1.82) is 0 Å². The van der Waals surface area contributed by atoms with E-state index in [4.69, 9.17) is 9.15 Å². The number of halogens is 1. The van der Waals surface area contributed by atoms with E-state index in [2.05, 4.69) is 10.2 Å². The van der Waals surface area contributed by atoms with E-state index in [1.54, 1.807) is 18.2 Å². The van der Waals surface area contributed by atoms with Crippen molar-refractivity contribution in [1.82, 2.24) is 10.2 Å². The van der Waals surface area contributed by atoms with E-state index < -0.39 is 5.97 Å². The molecule has 0 unspecified atom stereocenters. The predicted octanol–water partition coefficient (Wildman–Crippen LogP) is 4.49. The zero-order chi connectivity index (χ0) is 19.2. The molecule has 0 saturated heterocycles. The quantitative estimate of drug-likeness (QED) is 0.473. The largest absolute Gasteiger partial charge is 0.493 e. The maximum Gasteiger partial charge on any atom is 0.342 e. The first-order valence-corrected chi connectivity index (χ1v) is 8.82. The molecule has 0 fully saturated rings. The van der Waals surface area contributed by atoms with Gasteiger partial charge in [0.05, 0.1) is 6.61 Å². The zero-order valence-corrected chi connectivity index (χ0v) is 15.1. The molecule has 0 bridgehead atoms. The van der Waals surface area contributed by atoms with Crippen LogP contribution >= 0.6 is 11.8 Å². The number of benzene rings is 2. The van der Waals surface area contributed by atoms with Crippen LogP contribution in [-0.4, -0.2) is 27.9 Å². The van der Waals surface area contributed by atoms with E-state index in [1.165, 1.54) is 30.3 Å². The Hall–Kier alpha value is -3.13. The number of nitrogens with zero attached hydrogens (tertiary/aromatic N) is 2. The fourth-order valence-corrected chi connectivity index (χ4v) is 2.88. The summed E-state index contributed by atoms with van der Waals surface area (Å²) < 4.78 is 24.0. The summed E-state index contributed by atoms with van der Waals surface area (Å²) in [7, 11) is 0. The second-order valence-electron chi connectivity index (χ2n) is 5.27. The van der Waals surface area contributed by atoms with Crippen LogP contribution in [0.4, 0.5) is 4.39 Å². The highest BCUT2D eigenvalue weighted by molar-refractivity contribution is 8.03. The van der Waals surface area contributed by atoms with Gasteiger partial charge in [-0.1, -0.05) is 18.2 Å². The lowest BCUT2D eigenvalue weighted by Gasteiger charge is -2.07. The van der Waals surface area contributed by atoms with Crippen LogP contribution < -0.4 is 4.74 Å². The van der Waals surface area contributed by atoms with Crippen LogP contribution in [0.1, 0.15) is 12.5 Å². The van der Waals surface area contributed by atoms with Gasteiger partial charge in [0, 0.05) is 11.1 Å². The Morgan fingerprint density at radius 2 is 1.96 bits per heavy atom. The minimum absolute atomic E-state index is 0.00328. The topological polar surface area (TPSA) is 85.5 Å². The third kappa shape index (κ3) is 4.73. The summed E-state index contributed by atoms with van der Waals surface area (Å²) in [6.07, 6.45) is 1.49. The first-order chi connectivity index (χ1) is 13.1. The number of thioether (sulfide) groups is 1. The summed E-state index contributed by atoms with van der Waals surface area (Å²) in [5.74, 6) is -0.751. The Labute approximate surface area is 158 Å². The van der Waals surface area contributed by atoms with Gasteiger partial charge in [-0.15, -0.1) is 10.2 Å². The average molecular weight is 386 g/mol. The van der Waals surface area contributed by atoms with Crippen LogP contribution in [0.5, 0.6) is 5.75 Å². The molecule has 2 aromatic carbocycles. The maximum atomic E-state index is 13.0. The lowest BCUT2D eigenvalue weighted by Crippen LogP contribution is -1.98. The summed E-state index contributed by atoms with van der Waals surface area (Å²) in [5.41, 5.74) is 1.17. The molecule has 3 aromatic rings. The molecule has 1 heterocycles. The van der Waals surface area contributed by atoms with Crippen molar-refractivity contribution in [2.24, 2.45) is 0 Å². The van der Waals surface area contributed by atoms with Crippen LogP contribution in [0.15, 0.2) is 63.1 Å². The van der Waals surface area contributed by atoms with Gasteiger partial charge in [-0.2, -0.15) is 0 Å². The molecule has 0 aliphatic heterocycles. The number of hydrogen-bond donors (Lipinski definition) is 1. The Kier molecular flexibility index (Phi) is 5.87. The maximum absolute atomic E-state index is 13.0. The van der Waals surface area contributed by atoms with Gasteiger partial charge in [0.25, 0.3) is 5.22 Å². The van der Waals surface area contributed by atoms with Gasteiger partial charge in [0.1, 0.15) is 16.5 Å². The Bertz CT molecular complexity index is 970. The third-order valence-electron chi connectivity index (χ3n) is 3.41. The molecular weight excluding hydrogens is 371 g/mol. The second-order valence-corrected chi connectivity index (χ2v) is 6.26. The minimum Gasteiger partial charge on any atom is -0.493 e. The number of carbonyl (C=O) groups is 1. The Morgan fingerprint density at radius 3 is 2.67 bits per heavy atom. The summed E-state index contributed by atoms with van der Waals surface area (Å²) in [4.78, 5) is 11.6. The van der Waals surface area contributed by atoms with E-state index >= 15 is 0 Å². The molecule has 1 aromatic heterocycles. The Morgan fingerprint density at radius 1 is 1.22 bits per heavy atom. The minimum atomic E-state index is -1.13. The highest BCUT2D eigenvalue weighted by atomic mass is 32.2. The van der Waals surface area contributed by atoms with E-state index in [9.17, 15) is 14.3 Å². The molecule has 3 rings (SSSR count). The van der Waals surface area contributed by atoms with Crippen molar-refractivity contribution in [3.05, 3.63) is 64.8 Å². The molecule has 0 amide bonds. The average Bonchev–Trinajstić information content (AvgIpc) is 3.12. The molecule has 0 aliphatic carbocycles. The van der Waals surface area contributed by atoms with Gasteiger partial charge in [-0.05, 0) is 55.1 Å². The molecule has 0 atom stereocenters. The molecule has 8 heteroatoms. The number of rotatable bonds is 7. The molecule has 0 spiro atoms. The first-order valence-electron chi connectivity index (χ1n) is 8.01. The predicted molar refractivity (Wildman–Crippen MR) is 98.8 cm³/mol. The monoisotopic (exact) mass is 386 g/mol. The number of carboxylic acids is 1. The van der Waals surface area contributed by atoms with Crippen molar-refractivity contribution in [3.63, 3.8) is 0 Å². The van der Waals surface area contributed by atoms with Gasteiger partial charge in [-0.3, -0.25) is 0 Å². The highest BCUT2D eigenvalue weighted by Crippen LogP contribution is 2.31. The van der Waals surface area contributed by atoms with Gasteiger partial charge < -0.3 is 14.3 Å². The van der Waals surface area contributed by atoms with Crippen molar-refractivity contribution < 1.29 is 23.4 Å². The van der Waals surface area contributed by atoms with E-state index in [-0.39, 0.29) is 21.8 Å². The first kappa shape index (κ1) is 18.7. The van der Waals surface area contributed by atoms with Crippen LogP contribution in [-0.2, 0) is 4.79 Å². The van der Waals surface area contributed by atoms with Crippen LogP contribution in [0.2, 0.25) is 0 Å². The fourth-order valence-electron chi connectivity index (χ4n) is 2.22. The summed E-state index contributed by atoms with van der Waals surface area (Å²) in [5, 5.41) is 17.3. The SMILES string of the molecule is CCOc1ccccc1/C=C(/Sc1nnc(-c2ccc(F)cc2)o1)C(=O)O. The van der Waals surface area contributed by atoms with E-state index in [1.807, 2.05) is 13.0 Å². The van der Waals surface area contributed by atoms with Gasteiger partial charge in [0.2, 0.25) is 5.89 Å². The summed E-state index contributed by atoms with van der Waals surface area (Å²) in [6.45, 7) is 2.31. The lowest BCUT2D eigenvalue weighted by molar-refractivity contribution is -0.131. The standard InChI is InChI=1S/C19H15FN2O4S/c1-2-25-15-6-4-3-5-13(15)11-16(18(23)24)27-19-22-21-17(26-19)12-7-9-14(20)10-8-12/h3-11H,2H2,1H3,(H,23,24)/b16-11+. The fraction of sp³-hybridized carbons (Fsp3) is 0.105. The molecule has 0 saturated carbocycles. The van der Waals surface area contributed by atoms with Crippen molar-refractivity contribution in [3.8, 4) is 17.2 Å².